The third kappa shape index (κ3) is 2.82. The Morgan fingerprint density at radius 3 is 2.86 bits per heavy atom. The second-order valence-corrected chi connectivity index (χ2v) is 6.39. The molecule has 1 aliphatic rings. The van der Waals surface area contributed by atoms with Gasteiger partial charge in [0.05, 0.1) is 11.3 Å². The number of benzene rings is 1. The average molecular weight is 314 g/mol. The van der Waals surface area contributed by atoms with Gasteiger partial charge in [-0.3, -0.25) is 9.78 Å². The number of oxazole rings is 1. The van der Waals surface area contributed by atoms with Gasteiger partial charge >= 0.3 is 16.0 Å². The first kappa shape index (κ1) is 13.8. The van der Waals surface area contributed by atoms with Gasteiger partial charge in [0.25, 0.3) is 0 Å². The standard InChI is InChI=1S/C12H11FN2O5S/c13-21(18,19)6-7-3-11(16)15(5-7)8-1-2-10-9(4-8)14-12(17)20-10/h1-2,4,7H,3,5-6H2,(H,14,17). The molecule has 21 heavy (non-hydrogen) atoms. The van der Waals surface area contributed by atoms with Gasteiger partial charge in [-0.25, -0.2) is 4.79 Å². The number of carbonyl (C=O) groups excluding carboxylic acids is 1. The van der Waals surface area contributed by atoms with E-state index in [-0.39, 0.29) is 18.9 Å². The normalized spacial score (nSPS) is 19.6. The first-order valence-corrected chi connectivity index (χ1v) is 7.73. The molecule has 2 aromatic rings. The summed E-state index contributed by atoms with van der Waals surface area (Å²) in [6.07, 6.45) is -0.0247. The number of halogens is 1. The zero-order chi connectivity index (χ0) is 15.2. The fourth-order valence-corrected chi connectivity index (χ4v) is 3.32. The van der Waals surface area contributed by atoms with Gasteiger partial charge in [0.15, 0.2) is 5.58 Å². The average Bonchev–Trinajstić information content (AvgIpc) is 2.88. The number of H-pyrrole nitrogens is 1. The molecule has 1 fully saturated rings. The van der Waals surface area contributed by atoms with Crippen LogP contribution >= 0.6 is 0 Å². The first-order valence-electron chi connectivity index (χ1n) is 6.17. The lowest BCUT2D eigenvalue weighted by Gasteiger charge is -2.16. The maximum absolute atomic E-state index is 12.7. The lowest BCUT2D eigenvalue weighted by atomic mass is 10.1. The molecule has 1 aromatic carbocycles. The smallest absolute Gasteiger partial charge is 0.408 e. The Kier molecular flexibility index (Phi) is 3.08. The van der Waals surface area contributed by atoms with Crippen molar-refractivity contribution in [3.63, 3.8) is 0 Å². The van der Waals surface area contributed by atoms with Crippen LogP contribution in [0.25, 0.3) is 11.1 Å². The molecule has 0 radical (unpaired) electrons. The minimum atomic E-state index is -4.61. The van der Waals surface area contributed by atoms with E-state index < -0.39 is 27.7 Å². The van der Waals surface area contributed by atoms with Crippen molar-refractivity contribution in [3.8, 4) is 0 Å². The third-order valence-electron chi connectivity index (χ3n) is 3.35. The third-order valence-corrected chi connectivity index (χ3v) is 4.22. The molecule has 112 valence electrons. The number of hydrogen-bond donors (Lipinski definition) is 1. The molecule has 0 bridgehead atoms. The molecule has 1 atom stereocenters. The minimum absolute atomic E-state index is 0.0247. The van der Waals surface area contributed by atoms with Gasteiger partial charge in [0, 0.05) is 24.6 Å². The zero-order valence-electron chi connectivity index (χ0n) is 10.7. The van der Waals surface area contributed by atoms with Crippen LogP contribution in [0, 0.1) is 5.92 Å². The highest BCUT2D eigenvalue weighted by Crippen LogP contribution is 2.28. The van der Waals surface area contributed by atoms with Crippen LogP contribution < -0.4 is 10.7 Å². The highest BCUT2D eigenvalue weighted by atomic mass is 32.3. The molecular weight excluding hydrogens is 303 g/mol. The van der Waals surface area contributed by atoms with Crippen molar-refractivity contribution in [2.75, 3.05) is 17.2 Å². The van der Waals surface area contributed by atoms with Crippen molar-refractivity contribution in [2.45, 2.75) is 6.42 Å². The molecular formula is C12H11FN2O5S. The summed E-state index contributed by atoms with van der Waals surface area (Å²) in [7, 11) is -4.61. The number of nitrogens with zero attached hydrogens (tertiary/aromatic N) is 1. The fourth-order valence-electron chi connectivity index (χ4n) is 2.53. The zero-order valence-corrected chi connectivity index (χ0v) is 11.5. The van der Waals surface area contributed by atoms with Crippen LogP contribution in [0.4, 0.5) is 9.57 Å². The van der Waals surface area contributed by atoms with Crippen LogP contribution in [-0.2, 0) is 15.0 Å². The Morgan fingerprint density at radius 2 is 2.14 bits per heavy atom. The molecule has 1 unspecified atom stereocenters. The quantitative estimate of drug-likeness (QED) is 0.844. The summed E-state index contributed by atoms with van der Waals surface area (Å²) in [5, 5.41) is 0. The molecule has 1 N–H and O–H groups in total. The Bertz CT molecular complexity index is 869. The maximum atomic E-state index is 12.7. The summed E-state index contributed by atoms with van der Waals surface area (Å²) in [5.41, 5.74) is 1.30. The second kappa shape index (κ2) is 4.69. The van der Waals surface area contributed by atoms with Crippen molar-refractivity contribution in [1.29, 1.82) is 0 Å². The summed E-state index contributed by atoms with van der Waals surface area (Å²) < 4.78 is 38.9. The van der Waals surface area contributed by atoms with E-state index in [0.29, 0.717) is 16.8 Å². The van der Waals surface area contributed by atoms with E-state index in [1.165, 1.54) is 11.0 Å². The molecule has 0 spiro atoms. The van der Waals surface area contributed by atoms with E-state index in [2.05, 4.69) is 4.98 Å². The first-order chi connectivity index (χ1) is 9.82. The number of nitrogens with one attached hydrogen (secondary N) is 1. The van der Waals surface area contributed by atoms with Crippen molar-refractivity contribution in [3.05, 3.63) is 28.7 Å². The molecule has 0 saturated carbocycles. The van der Waals surface area contributed by atoms with E-state index in [1.807, 2.05) is 0 Å². The van der Waals surface area contributed by atoms with Gasteiger partial charge in [-0.2, -0.15) is 8.42 Å². The second-order valence-electron chi connectivity index (χ2n) is 4.97. The molecule has 7 nitrogen and oxygen atoms in total. The highest BCUT2D eigenvalue weighted by molar-refractivity contribution is 7.86. The van der Waals surface area contributed by atoms with Gasteiger partial charge < -0.3 is 9.32 Å². The van der Waals surface area contributed by atoms with Gasteiger partial charge in [0.2, 0.25) is 5.91 Å². The van der Waals surface area contributed by atoms with Crippen LogP contribution in [0.2, 0.25) is 0 Å². The molecule has 1 saturated heterocycles. The lowest BCUT2D eigenvalue weighted by Crippen LogP contribution is -2.25. The minimum Gasteiger partial charge on any atom is -0.408 e. The van der Waals surface area contributed by atoms with Crippen molar-refractivity contribution >= 4 is 32.9 Å². The number of aromatic amines is 1. The predicted octanol–water partition coefficient (Wildman–Crippen LogP) is 0.773. The van der Waals surface area contributed by atoms with E-state index in [0.717, 1.165) is 0 Å². The van der Waals surface area contributed by atoms with Gasteiger partial charge in [-0.05, 0) is 18.2 Å². The van der Waals surface area contributed by atoms with Gasteiger partial charge in [-0.15, -0.1) is 3.89 Å². The van der Waals surface area contributed by atoms with Crippen LogP contribution in [-0.4, -0.2) is 31.6 Å². The Morgan fingerprint density at radius 1 is 1.38 bits per heavy atom. The molecule has 9 heteroatoms. The molecule has 1 aliphatic heterocycles. The van der Waals surface area contributed by atoms with E-state index >= 15 is 0 Å². The number of rotatable bonds is 3. The van der Waals surface area contributed by atoms with Crippen LogP contribution in [0.15, 0.2) is 27.4 Å². The lowest BCUT2D eigenvalue weighted by molar-refractivity contribution is -0.117. The van der Waals surface area contributed by atoms with Crippen molar-refractivity contribution in [2.24, 2.45) is 5.92 Å². The van der Waals surface area contributed by atoms with Crippen LogP contribution in [0.3, 0.4) is 0 Å². The van der Waals surface area contributed by atoms with E-state index in [4.69, 9.17) is 4.42 Å². The van der Waals surface area contributed by atoms with E-state index in [1.54, 1.807) is 12.1 Å². The summed E-state index contributed by atoms with van der Waals surface area (Å²) in [5.74, 6) is -2.13. The maximum Gasteiger partial charge on any atom is 0.417 e. The predicted molar refractivity (Wildman–Crippen MR) is 72.2 cm³/mol. The molecule has 1 aromatic heterocycles. The van der Waals surface area contributed by atoms with Crippen LogP contribution in [0.1, 0.15) is 6.42 Å². The summed E-state index contributed by atoms with van der Waals surface area (Å²) in [6, 6.07) is 4.68. The fraction of sp³-hybridized carbons (Fsp3) is 0.333. The van der Waals surface area contributed by atoms with Gasteiger partial charge in [0.1, 0.15) is 0 Å². The number of hydrogen-bond acceptors (Lipinski definition) is 5. The summed E-state index contributed by atoms with van der Waals surface area (Å²) >= 11 is 0. The van der Waals surface area contributed by atoms with Crippen molar-refractivity contribution < 1.29 is 21.5 Å². The Balaban J connectivity index is 1.88. The molecule has 0 aliphatic carbocycles. The summed E-state index contributed by atoms with van der Waals surface area (Å²) in [6.45, 7) is 0.121. The molecule has 2 heterocycles. The molecule has 3 rings (SSSR count). The number of anilines is 1. The molecule has 1 amide bonds. The van der Waals surface area contributed by atoms with Crippen LogP contribution in [0.5, 0.6) is 0 Å². The SMILES string of the molecule is O=C1CC(CS(=O)(=O)F)CN1c1ccc2oc(=O)[nH]c2c1. The van der Waals surface area contributed by atoms with Gasteiger partial charge in [-0.1, -0.05) is 0 Å². The van der Waals surface area contributed by atoms with E-state index in [9.17, 15) is 21.9 Å². The number of carbonyl (C=O) groups is 1. The number of amides is 1. The van der Waals surface area contributed by atoms with Crippen molar-refractivity contribution in [1.82, 2.24) is 4.98 Å². The monoisotopic (exact) mass is 314 g/mol. The topological polar surface area (TPSA) is 100 Å². The Hall–Kier alpha value is -2.16. The largest absolute Gasteiger partial charge is 0.417 e. The highest BCUT2D eigenvalue weighted by Gasteiger charge is 2.33. The Labute approximate surface area is 118 Å². The number of fused-ring (bicyclic) bond motifs is 1. The number of aromatic nitrogens is 1. The summed E-state index contributed by atoms with van der Waals surface area (Å²) in [4.78, 5) is 26.9.